The molecule has 1 aliphatic carbocycles. The number of benzene rings is 1. The number of likely N-dealkylation sites (tertiary alicyclic amines) is 1. The monoisotopic (exact) mass is 417 g/mol. The van der Waals surface area contributed by atoms with E-state index >= 15 is 0 Å². The van der Waals surface area contributed by atoms with Crippen molar-refractivity contribution in [2.75, 3.05) is 19.6 Å². The fourth-order valence-corrected chi connectivity index (χ4v) is 5.01. The average molecular weight is 418 g/mol. The first-order valence-corrected chi connectivity index (χ1v) is 11.1. The zero-order chi connectivity index (χ0) is 20.9. The van der Waals surface area contributed by atoms with E-state index in [9.17, 15) is 13.2 Å². The van der Waals surface area contributed by atoms with Crippen LogP contribution in [0.15, 0.2) is 36.7 Å². The van der Waals surface area contributed by atoms with Crippen molar-refractivity contribution in [1.29, 1.82) is 0 Å². The average Bonchev–Trinajstić information content (AvgIpc) is 3.30. The largest absolute Gasteiger partial charge is 0.300 e. The maximum absolute atomic E-state index is 14.3. The predicted octanol–water partition coefficient (Wildman–Crippen LogP) is 5.16. The molecule has 2 heterocycles. The molecule has 2 aliphatic rings. The predicted molar refractivity (Wildman–Crippen MR) is 111 cm³/mol. The molecule has 1 aromatic carbocycles. The van der Waals surface area contributed by atoms with Gasteiger partial charge in [0.15, 0.2) is 11.6 Å². The first-order chi connectivity index (χ1) is 14.6. The Balaban J connectivity index is 1.44. The Bertz CT molecular complexity index is 816. The molecule has 30 heavy (non-hydrogen) atoms. The van der Waals surface area contributed by atoms with Gasteiger partial charge in [-0.3, -0.25) is 9.88 Å². The van der Waals surface area contributed by atoms with Crippen molar-refractivity contribution in [1.82, 2.24) is 14.8 Å². The fourth-order valence-electron chi connectivity index (χ4n) is 5.01. The van der Waals surface area contributed by atoms with E-state index in [1.165, 1.54) is 25.7 Å². The third-order valence-corrected chi connectivity index (χ3v) is 6.66. The van der Waals surface area contributed by atoms with Gasteiger partial charge in [-0.25, -0.2) is 13.2 Å². The number of halogens is 3. The highest BCUT2D eigenvalue weighted by molar-refractivity contribution is 5.21. The first kappa shape index (κ1) is 21.3. The van der Waals surface area contributed by atoms with E-state index in [1.54, 1.807) is 12.4 Å². The summed E-state index contributed by atoms with van der Waals surface area (Å²) in [6.07, 6.45) is 11.0. The van der Waals surface area contributed by atoms with Crippen molar-refractivity contribution in [2.45, 2.75) is 57.7 Å². The zero-order valence-electron chi connectivity index (χ0n) is 17.4. The molecule has 2 fully saturated rings. The highest BCUT2D eigenvalue weighted by Gasteiger charge is 2.28. The van der Waals surface area contributed by atoms with E-state index < -0.39 is 17.5 Å². The van der Waals surface area contributed by atoms with Crippen molar-refractivity contribution >= 4 is 0 Å². The summed E-state index contributed by atoms with van der Waals surface area (Å²) in [7, 11) is 0. The van der Waals surface area contributed by atoms with Gasteiger partial charge in [0.25, 0.3) is 0 Å². The van der Waals surface area contributed by atoms with Gasteiger partial charge >= 0.3 is 0 Å². The van der Waals surface area contributed by atoms with E-state index in [4.69, 9.17) is 0 Å². The van der Waals surface area contributed by atoms with Gasteiger partial charge in [-0.05, 0) is 68.5 Å². The molecule has 162 valence electrons. The molecule has 1 aliphatic heterocycles. The smallest absolute Gasteiger partial charge is 0.166 e. The molecule has 0 bridgehead atoms. The number of hydrogen-bond donors (Lipinski definition) is 0. The van der Waals surface area contributed by atoms with Gasteiger partial charge in [-0.2, -0.15) is 0 Å². The maximum atomic E-state index is 14.3. The zero-order valence-corrected chi connectivity index (χ0v) is 17.4. The summed E-state index contributed by atoms with van der Waals surface area (Å²) in [6.45, 7) is 3.51. The topological polar surface area (TPSA) is 19.4 Å². The van der Waals surface area contributed by atoms with Crippen LogP contribution in [0.5, 0.6) is 0 Å². The number of aromatic nitrogens is 1. The number of pyridine rings is 1. The fraction of sp³-hybridized carbons (Fsp3) is 0.542. The molecule has 0 radical (unpaired) electrons. The quantitative estimate of drug-likeness (QED) is 0.581. The summed E-state index contributed by atoms with van der Waals surface area (Å²) < 4.78 is 42.3. The van der Waals surface area contributed by atoms with Crippen LogP contribution in [0.4, 0.5) is 13.2 Å². The normalized spacial score (nSPS) is 19.1. The van der Waals surface area contributed by atoms with Crippen molar-refractivity contribution in [2.24, 2.45) is 5.92 Å². The third kappa shape index (κ3) is 5.22. The minimum atomic E-state index is -1.08. The highest BCUT2D eigenvalue weighted by atomic mass is 19.2. The van der Waals surface area contributed by atoms with Gasteiger partial charge in [-0.1, -0.05) is 18.9 Å². The second-order valence-corrected chi connectivity index (χ2v) is 8.77. The molecule has 3 nitrogen and oxygen atoms in total. The van der Waals surface area contributed by atoms with Crippen molar-refractivity contribution < 1.29 is 13.2 Å². The summed E-state index contributed by atoms with van der Waals surface area (Å²) >= 11 is 0. The van der Waals surface area contributed by atoms with E-state index in [2.05, 4.69) is 9.88 Å². The second-order valence-electron chi connectivity index (χ2n) is 8.77. The van der Waals surface area contributed by atoms with E-state index in [1.807, 2.05) is 17.0 Å². The van der Waals surface area contributed by atoms with Crippen LogP contribution in [-0.2, 0) is 13.1 Å². The lowest BCUT2D eigenvalue weighted by molar-refractivity contribution is 0.106. The summed E-state index contributed by atoms with van der Waals surface area (Å²) in [5, 5.41) is 0. The Hall–Kier alpha value is -1.92. The number of hydrogen-bond acceptors (Lipinski definition) is 3. The van der Waals surface area contributed by atoms with Crippen molar-refractivity contribution in [3.63, 3.8) is 0 Å². The molecule has 0 atom stereocenters. The van der Waals surface area contributed by atoms with Gasteiger partial charge < -0.3 is 4.90 Å². The molecule has 6 heteroatoms. The lowest BCUT2D eigenvalue weighted by Gasteiger charge is -2.38. The molecule has 1 aromatic heterocycles. The third-order valence-electron chi connectivity index (χ3n) is 6.66. The van der Waals surface area contributed by atoms with Crippen LogP contribution in [0.25, 0.3) is 0 Å². The summed E-state index contributed by atoms with van der Waals surface area (Å²) in [5.41, 5.74) is 0.792. The molecule has 0 spiro atoms. The van der Waals surface area contributed by atoms with E-state index in [-0.39, 0.29) is 12.1 Å². The molecule has 1 saturated heterocycles. The molecule has 0 amide bonds. The molecule has 0 unspecified atom stereocenters. The lowest BCUT2D eigenvalue weighted by atomic mass is 9.94. The van der Waals surface area contributed by atoms with Crippen molar-refractivity contribution in [3.8, 4) is 0 Å². The number of rotatable bonds is 7. The van der Waals surface area contributed by atoms with Gasteiger partial charge in [0.05, 0.1) is 0 Å². The van der Waals surface area contributed by atoms with E-state index in [0.29, 0.717) is 12.5 Å². The Labute approximate surface area is 176 Å². The lowest BCUT2D eigenvalue weighted by Crippen LogP contribution is -2.42. The Morgan fingerprint density at radius 2 is 1.67 bits per heavy atom. The Morgan fingerprint density at radius 1 is 0.933 bits per heavy atom. The van der Waals surface area contributed by atoms with Crippen LogP contribution in [-0.4, -0.2) is 40.5 Å². The minimum Gasteiger partial charge on any atom is -0.300 e. The summed E-state index contributed by atoms with van der Waals surface area (Å²) in [4.78, 5) is 8.81. The number of nitrogens with zero attached hydrogens (tertiary/aromatic N) is 3. The Morgan fingerprint density at radius 3 is 2.37 bits per heavy atom. The van der Waals surface area contributed by atoms with Crippen LogP contribution >= 0.6 is 0 Å². The molecule has 1 saturated carbocycles. The van der Waals surface area contributed by atoms with Gasteiger partial charge in [0, 0.05) is 43.6 Å². The standard InChI is InChI=1S/C24H30F3N3/c25-22-7-8-23(26)24(27)21(22)17-29(16-19-4-3-11-28-14-19)15-18-9-12-30(13-10-18)20-5-1-2-6-20/h3-4,7-8,11,14,18,20H,1-2,5-6,9-10,12-13,15-17H2. The minimum absolute atomic E-state index is 0.0488. The molecule has 0 N–H and O–H groups in total. The van der Waals surface area contributed by atoms with Crippen LogP contribution in [0.2, 0.25) is 0 Å². The molecule has 4 rings (SSSR count). The number of piperidine rings is 1. The van der Waals surface area contributed by atoms with Crippen LogP contribution in [0.1, 0.15) is 49.7 Å². The van der Waals surface area contributed by atoms with Gasteiger partial charge in [-0.15, -0.1) is 0 Å². The van der Waals surface area contributed by atoms with Gasteiger partial charge in [0.2, 0.25) is 0 Å². The van der Waals surface area contributed by atoms with Crippen LogP contribution in [0.3, 0.4) is 0 Å². The maximum Gasteiger partial charge on any atom is 0.166 e. The van der Waals surface area contributed by atoms with Gasteiger partial charge in [0.1, 0.15) is 5.82 Å². The van der Waals surface area contributed by atoms with E-state index in [0.717, 1.165) is 56.2 Å². The molecule has 2 aromatic rings. The Kier molecular flexibility index (Phi) is 7.05. The van der Waals surface area contributed by atoms with Crippen molar-refractivity contribution in [3.05, 3.63) is 65.2 Å². The summed E-state index contributed by atoms with van der Waals surface area (Å²) in [6, 6.07) is 6.42. The highest BCUT2D eigenvalue weighted by Crippen LogP contribution is 2.29. The SMILES string of the molecule is Fc1ccc(F)c(CN(Cc2cccnc2)CC2CCN(C3CCCC3)CC2)c1F. The second kappa shape index (κ2) is 9.92. The summed E-state index contributed by atoms with van der Waals surface area (Å²) in [5.74, 6) is -2.31. The molecular weight excluding hydrogens is 387 g/mol. The van der Waals surface area contributed by atoms with Crippen LogP contribution < -0.4 is 0 Å². The molecular formula is C24H30F3N3. The van der Waals surface area contributed by atoms with Crippen LogP contribution in [0, 0.1) is 23.4 Å². The first-order valence-electron chi connectivity index (χ1n) is 11.1.